The van der Waals surface area contributed by atoms with Crippen LogP contribution in [-0.4, -0.2) is 43.6 Å². The molecule has 0 aliphatic carbocycles. The molecule has 3 aromatic rings. The molecule has 1 saturated heterocycles. The topological polar surface area (TPSA) is 129 Å². The van der Waals surface area contributed by atoms with Gasteiger partial charge in [0.2, 0.25) is 0 Å². The molecule has 0 spiro atoms. The maximum Gasteiger partial charge on any atom is 0.335 e. The number of carbonyl (C=O) groups excluding carboxylic acids is 2. The number of benzene rings is 2. The van der Waals surface area contributed by atoms with Crippen LogP contribution in [0.5, 0.6) is 0 Å². The van der Waals surface area contributed by atoms with Gasteiger partial charge in [0.05, 0.1) is 16.8 Å². The Morgan fingerprint density at radius 2 is 1.61 bits per heavy atom. The highest BCUT2D eigenvalue weighted by Gasteiger charge is 2.34. The van der Waals surface area contributed by atoms with Crippen LogP contribution in [0.2, 0.25) is 0 Å². The number of hydrogen-bond donors (Lipinski definition) is 3. The number of nitrogens with one attached hydrogen (secondary N) is 1. The number of carbonyl (C=O) groups is 4. The molecule has 11 heteroatoms. The second-order valence-corrected chi connectivity index (χ2v) is 9.28. The Balaban J connectivity index is 1.81. The van der Waals surface area contributed by atoms with Crippen molar-refractivity contribution in [1.29, 1.82) is 0 Å². The van der Waals surface area contributed by atoms with Crippen molar-refractivity contribution in [3.8, 4) is 5.69 Å². The van der Waals surface area contributed by atoms with E-state index in [0.29, 0.717) is 28.3 Å². The lowest BCUT2D eigenvalue weighted by Gasteiger charge is -2.29. The number of anilines is 1. The lowest BCUT2D eigenvalue weighted by molar-refractivity contribution is -0.122. The standard InChI is InChI=1S/C25H18BrN3O6S/c1-12-6-14(13(2)28(12)19-8-15(23(32)33)7-16(9-19)24(34)35)10-20-21(30)27-25(36)29(22(20)31)18-5-3-4-17(26)11-18/h3-11H,1-2H3,(H,32,33)(H,34,35)(H,27,30,36)/b20-10+. The largest absolute Gasteiger partial charge is 0.478 e. The van der Waals surface area contributed by atoms with E-state index in [2.05, 4.69) is 21.2 Å². The van der Waals surface area contributed by atoms with Crippen LogP contribution < -0.4 is 10.2 Å². The van der Waals surface area contributed by atoms with Gasteiger partial charge in [0, 0.05) is 21.5 Å². The van der Waals surface area contributed by atoms with E-state index in [1.807, 2.05) is 0 Å². The molecule has 4 rings (SSSR count). The number of carboxylic acid groups (broad SMARTS) is 2. The summed E-state index contributed by atoms with van der Waals surface area (Å²) >= 11 is 8.60. The number of thiocarbonyl (C=S) groups is 1. The van der Waals surface area contributed by atoms with E-state index in [1.54, 1.807) is 48.7 Å². The first-order chi connectivity index (χ1) is 17.0. The second kappa shape index (κ2) is 9.51. The molecule has 3 N–H and O–H groups in total. The van der Waals surface area contributed by atoms with Gasteiger partial charge in [0.1, 0.15) is 5.57 Å². The van der Waals surface area contributed by atoms with Gasteiger partial charge in [-0.1, -0.05) is 22.0 Å². The molecular weight excluding hydrogens is 550 g/mol. The minimum Gasteiger partial charge on any atom is -0.478 e. The molecule has 1 aliphatic heterocycles. The molecule has 0 atom stereocenters. The van der Waals surface area contributed by atoms with E-state index in [9.17, 15) is 29.4 Å². The van der Waals surface area contributed by atoms with Crippen LogP contribution in [0.3, 0.4) is 0 Å². The molecule has 36 heavy (non-hydrogen) atoms. The third-order valence-electron chi connectivity index (χ3n) is 5.61. The minimum absolute atomic E-state index is 0.0441. The van der Waals surface area contributed by atoms with Gasteiger partial charge >= 0.3 is 11.9 Å². The third kappa shape index (κ3) is 4.58. The van der Waals surface area contributed by atoms with Crippen molar-refractivity contribution < 1.29 is 29.4 Å². The number of rotatable bonds is 5. The van der Waals surface area contributed by atoms with Crippen LogP contribution in [0, 0.1) is 13.8 Å². The van der Waals surface area contributed by atoms with E-state index < -0.39 is 23.8 Å². The summed E-state index contributed by atoms with van der Waals surface area (Å²) in [6, 6.07) is 12.4. The van der Waals surface area contributed by atoms with Gasteiger partial charge < -0.3 is 14.8 Å². The first-order valence-electron chi connectivity index (χ1n) is 10.5. The van der Waals surface area contributed by atoms with Crippen LogP contribution in [0.25, 0.3) is 11.8 Å². The summed E-state index contributed by atoms with van der Waals surface area (Å²) in [4.78, 5) is 50.4. The average molecular weight is 568 g/mol. The minimum atomic E-state index is -1.27. The monoisotopic (exact) mass is 567 g/mol. The summed E-state index contributed by atoms with van der Waals surface area (Å²) in [5.74, 6) is -3.79. The Kier molecular flexibility index (Phi) is 6.61. The molecule has 2 heterocycles. The number of aromatic carboxylic acids is 2. The molecule has 0 radical (unpaired) electrons. The Labute approximate surface area is 218 Å². The van der Waals surface area contributed by atoms with Crippen molar-refractivity contribution in [2.24, 2.45) is 0 Å². The van der Waals surface area contributed by atoms with Crippen molar-refractivity contribution in [1.82, 2.24) is 9.88 Å². The van der Waals surface area contributed by atoms with Gasteiger partial charge in [-0.2, -0.15) is 0 Å². The number of aryl methyl sites for hydroxylation is 1. The zero-order valence-corrected chi connectivity index (χ0v) is 21.3. The van der Waals surface area contributed by atoms with Crippen molar-refractivity contribution in [2.75, 3.05) is 4.90 Å². The first-order valence-corrected chi connectivity index (χ1v) is 11.7. The quantitative estimate of drug-likeness (QED) is 0.240. The fourth-order valence-electron chi connectivity index (χ4n) is 3.98. The molecule has 0 saturated carbocycles. The number of halogens is 1. The first kappa shape index (κ1) is 25.0. The summed E-state index contributed by atoms with van der Waals surface area (Å²) in [5.41, 5.74) is 2.02. The number of nitrogens with zero attached hydrogens (tertiary/aromatic N) is 2. The Morgan fingerprint density at radius 3 is 2.19 bits per heavy atom. The second-order valence-electron chi connectivity index (χ2n) is 7.98. The zero-order valence-electron chi connectivity index (χ0n) is 18.9. The van der Waals surface area contributed by atoms with Gasteiger partial charge in [-0.25, -0.2) is 9.59 Å². The Bertz CT molecular complexity index is 1490. The van der Waals surface area contributed by atoms with E-state index in [1.165, 1.54) is 23.1 Å². The van der Waals surface area contributed by atoms with Gasteiger partial charge in [-0.05, 0) is 80.2 Å². The van der Waals surface area contributed by atoms with Crippen LogP contribution in [0.1, 0.15) is 37.7 Å². The van der Waals surface area contributed by atoms with Crippen molar-refractivity contribution in [2.45, 2.75) is 13.8 Å². The van der Waals surface area contributed by atoms with Crippen LogP contribution in [0.4, 0.5) is 5.69 Å². The lowest BCUT2D eigenvalue weighted by atomic mass is 10.1. The molecule has 2 aromatic carbocycles. The van der Waals surface area contributed by atoms with Crippen LogP contribution >= 0.6 is 28.1 Å². The molecule has 1 aromatic heterocycles. The van der Waals surface area contributed by atoms with E-state index >= 15 is 0 Å². The summed E-state index contributed by atoms with van der Waals surface area (Å²) in [5, 5.41) is 21.3. The Morgan fingerprint density at radius 1 is 0.972 bits per heavy atom. The molecule has 1 aliphatic rings. The maximum absolute atomic E-state index is 13.3. The summed E-state index contributed by atoms with van der Waals surface area (Å²) < 4.78 is 2.39. The summed E-state index contributed by atoms with van der Waals surface area (Å²) in [7, 11) is 0. The maximum atomic E-state index is 13.3. The van der Waals surface area contributed by atoms with Crippen molar-refractivity contribution >= 4 is 68.8 Å². The van der Waals surface area contributed by atoms with Gasteiger partial charge in [-0.3, -0.25) is 19.8 Å². The highest BCUT2D eigenvalue weighted by molar-refractivity contribution is 9.10. The number of aromatic nitrogens is 1. The third-order valence-corrected chi connectivity index (χ3v) is 6.39. The van der Waals surface area contributed by atoms with E-state index in [0.717, 1.165) is 10.5 Å². The normalized spacial score (nSPS) is 14.8. The number of amides is 2. The lowest BCUT2D eigenvalue weighted by Crippen LogP contribution is -2.54. The van der Waals surface area contributed by atoms with Gasteiger partial charge in [0.15, 0.2) is 5.11 Å². The molecule has 0 unspecified atom stereocenters. The van der Waals surface area contributed by atoms with E-state index in [4.69, 9.17) is 12.2 Å². The predicted molar refractivity (Wildman–Crippen MR) is 140 cm³/mol. The number of hydrogen-bond acceptors (Lipinski definition) is 5. The summed E-state index contributed by atoms with van der Waals surface area (Å²) in [6.07, 6.45) is 1.43. The van der Waals surface area contributed by atoms with Crippen molar-refractivity contribution in [3.63, 3.8) is 0 Å². The summed E-state index contributed by atoms with van der Waals surface area (Å²) in [6.45, 7) is 3.46. The molecule has 2 amide bonds. The highest BCUT2D eigenvalue weighted by atomic mass is 79.9. The molecule has 9 nitrogen and oxygen atoms in total. The fraction of sp³-hybridized carbons (Fsp3) is 0.0800. The molecule has 0 bridgehead atoms. The van der Waals surface area contributed by atoms with Crippen LogP contribution in [-0.2, 0) is 9.59 Å². The van der Waals surface area contributed by atoms with Gasteiger partial charge in [-0.15, -0.1) is 0 Å². The average Bonchev–Trinajstić information content (AvgIpc) is 3.08. The zero-order chi connectivity index (χ0) is 26.3. The molecule has 1 fully saturated rings. The number of carboxylic acids is 2. The molecule has 182 valence electrons. The SMILES string of the molecule is Cc1cc(/C=C2\C(=O)NC(=S)N(c3cccc(Br)c3)C2=O)c(C)n1-c1cc(C(=O)O)cc(C(=O)O)c1. The predicted octanol–water partition coefficient (Wildman–Crippen LogP) is 4.08. The van der Waals surface area contributed by atoms with Gasteiger partial charge in [0.25, 0.3) is 11.8 Å². The fourth-order valence-corrected chi connectivity index (χ4v) is 4.65. The highest BCUT2D eigenvalue weighted by Crippen LogP contribution is 2.28. The smallest absolute Gasteiger partial charge is 0.335 e. The van der Waals surface area contributed by atoms with E-state index in [-0.39, 0.29) is 21.8 Å². The Hall–Kier alpha value is -4.09. The van der Waals surface area contributed by atoms with Crippen molar-refractivity contribution in [3.05, 3.63) is 86.7 Å². The van der Waals surface area contributed by atoms with Crippen LogP contribution in [0.15, 0.2) is 58.6 Å². The molecular formula is C25H18BrN3O6S.